The first-order valence-corrected chi connectivity index (χ1v) is 8.07. The van der Waals surface area contributed by atoms with Gasteiger partial charge in [0.25, 0.3) is 0 Å². The smallest absolute Gasteiger partial charge is 0.229 e. The number of aromatic nitrogens is 5. The maximum atomic E-state index is 12.4. The van der Waals surface area contributed by atoms with Crippen molar-refractivity contribution in [2.75, 3.05) is 13.1 Å². The van der Waals surface area contributed by atoms with Crippen LogP contribution in [0.15, 0.2) is 17.2 Å². The van der Waals surface area contributed by atoms with Crippen LogP contribution in [0, 0.1) is 0 Å². The summed E-state index contributed by atoms with van der Waals surface area (Å²) in [5.74, 6) is 1.91. The van der Waals surface area contributed by atoms with E-state index < -0.39 is 0 Å². The van der Waals surface area contributed by atoms with Crippen LogP contribution in [0.25, 0.3) is 0 Å². The van der Waals surface area contributed by atoms with Gasteiger partial charge >= 0.3 is 0 Å². The Labute approximate surface area is 134 Å². The Morgan fingerprint density at radius 3 is 3.04 bits per heavy atom. The van der Waals surface area contributed by atoms with E-state index in [9.17, 15) is 4.79 Å². The summed E-state index contributed by atoms with van der Waals surface area (Å²) in [6, 6.07) is 0. The zero-order valence-corrected chi connectivity index (χ0v) is 13.6. The molecule has 23 heavy (non-hydrogen) atoms. The van der Waals surface area contributed by atoms with E-state index in [1.165, 1.54) is 6.33 Å². The highest BCUT2D eigenvalue weighted by Crippen LogP contribution is 2.26. The molecule has 1 aliphatic heterocycles. The van der Waals surface area contributed by atoms with Gasteiger partial charge in [-0.3, -0.25) is 9.48 Å². The normalized spacial score (nSPS) is 18.6. The Hall–Kier alpha value is -2.25. The van der Waals surface area contributed by atoms with Crippen LogP contribution >= 0.6 is 0 Å². The number of carbonyl (C=O) groups excluding carboxylic acids is 1. The van der Waals surface area contributed by atoms with Crippen molar-refractivity contribution in [1.29, 1.82) is 0 Å². The van der Waals surface area contributed by atoms with Crippen molar-refractivity contribution < 1.29 is 9.32 Å². The zero-order valence-electron chi connectivity index (χ0n) is 13.6. The molecule has 2 aromatic heterocycles. The number of aryl methyl sites for hydroxylation is 1. The molecule has 2 aromatic rings. The second kappa shape index (κ2) is 6.89. The number of amides is 1. The molecule has 3 heterocycles. The van der Waals surface area contributed by atoms with Gasteiger partial charge in [-0.05, 0) is 12.8 Å². The van der Waals surface area contributed by atoms with Crippen LogP contribution in [0.5, 0.6) is 0 Å². The third-order valence-electron chi connectivity index (χ3n) is 4.11. The van der Waals surface area contributed by atoms with E-state index in [0.717, 1.165) is 25.2 Å². The van der Waals surface area contributed by atoms with Gasteiger partial charge < -0.3 is 9.42 Å². The van der Waals surface area contributed by atoms with E-state index in [4.69, 9.17) is 4.52 Å². The molecule has 0 N–H and O–H groups in total. The van der Waals surface area contributed by atoms with E-state index in [1.807, 2.05) is 18.7 Å². The Morgan fingerprint density at radius 1 is 1.48 bits per heavy atom. The van der Waals surface area contributed by atoms with Crippen molar-refractivity contribution in [3.63, 3.8) is 0 Å². The Kier molecular flexibility index (Phi) is 4.68. The van der Waals surface area contributed by atoms with Gasteiger partial charge in [0, 0.05) is 31.3 Å². The average Bonchev–Trinajstić information content (AvgIpc) is 3.24. The molecule has 124 valence electrons. The summed E-state index contributed by atoms with van der Waals surface area (Å²) >= 11 is 0. The molecule has 1 fully saturated rings. The second-order valence-corrected chi connectivity index (χ2v) is 6.23. The lowest BCUT2D eigenvalue weighted by atomic mass is 9.97. The maximum absolute atomic E-state index is 12.4. The van der Waals surface area contributed by atoms with Gasteiger partial charge in [0.2, 0.25) is 11.8 Å². The van der Waals surface area contributed by atoms with Gasteiger partial charge in [-0.15, -0.1) is 0 Å². The molecular formula is C15H22N6O2. The number of hydrogen-bond acceptors (Lipinski definition) is 6. The molecule has 0 saturated carbocycles. The third kappa shape index (κ3) is 3.75. The van der Waals surface area contributed by atoms with Crippen molar-refractivity contribution in [3.8, 4) is 0 Å². The van der Waals surface area contributed by atoms with Gasteiger partial charge in [0.05, 0.1) is 6.54 Å². The Balaban J connectivity index is 1.57. The fourth-order valence-electron chi connectivity index (χ4n) is 2.78. The Bertz CT molecular complexity index is 636. The van der Waals surface area contributed by atoms with E-state index >= 15 is 0 Å². The fourth-order valence-corrected chi connectivity index (χ4v) is 2.78. The van der Waals surface area contributed by atoms with E-state index in [2.05, 4.69) is 20.2 Å². The largest absolute Gasteiger partial charge is 0.342 e. The summed E-state index contributed by atoms with van der Waals surface area (Å²) < 4.78 is 6.96. The number of rotatable bonds is 5. The molecule has 0 aliphatic carbocycles. The lowest BCUT2D eigenvalue weighted by Gasteiger charge is -2.31. The van der Waals surface area contributed by atoms with Gasteiger partial charge in [0.1, 0.15) is 12.7 Å². The Morgan fingerprint density at radius 2 is 2.35 bits per heavy atom. The number of hydrogen-bond donors (Lipinski definition) is 0. The molecular weight excluding hydrogens is 296 g/mol. The monoisotopic (exact) mass is 318 g/mol. The van der Waals surface area contributed by atoms with E-state index in [1.54, 1.807) is 11.0 Å². The van der Waals surface area contributed by atoms with E-state index in [-0.39, 0.29) is 17.7 Å². The molecule has 8 nitrogen and oxygen atoms in total. The quantitative estimate of drug-likeness (QED) is 0.831. The van der Waals surface area contributed by atoms with Crippen LogP contribution in [-0.4, -0.2) is 48.8 Å². The minimum atomic E-state index is 0.137. The second-order valence-electron chi connectivity index (χ2n) is 6.23. The maximum Gasteiger partial charge on any atom is 0.229 e. The average molecular weight is 318 g/mol. The molecule has 0 spiro atoms. The predicted octanol–water partition coefficient (Wildman–Crippen LogP) is 1.58. The van der Waals surface area contributed by atoms with Crippen LogP contribution in [0.4, 0.5) is 0 Å². The molecule has 0 unspecified atom stereocenters. The van der Waals surface area contributed by atoms with Crippen molar-refractivity contribution in [1.82, 2.24) is 29.8 Å². The number of carbonyl (C=O) groups is 1. The first-order chi connectivity index (χ1) is 11.1. The van der Waals surface area contributed by atoms with Crippen molar-refractivity contribution in [3.05, 3.63) is 24.4 Å². The summed E-state index contributed by atoms with van der Waals surface area (Å²) in [4.78, 5) is 22.6. The highest BCUT2D eigenvalue weighted by atomic mass is 16.5. The third-order valence-corrected chi connectivity index (χ3v) is 4.11. The summed E-state index contributed by atoms with van der Waals surface area (Å²) in [6.07, 6.45) is 5.48. The molecule has 1 aliphatic rings. The highest BCUT2D eigenvalue weighted by molar-refractivity contribution is 5.76. The standard InChI is InChI=1S/C15H22N6O2/c1-11(2)15-18-14(19-23-15)12-4-3-6-20(8-12)13(22)5-7-21-10-16-9-17-21/h9-12H,3-8H2,1-2H3/t12-/m1/s1. The molecule has 1 saturated heterocycles. The minimum Gasteiger partial charge on any atom is -0.342 e. The number of likely N-dealkylation sites (tertiary alicyclic amines) is 1. The lowest BCUT2D eigenvalue weighted by molar-refractivity contribution is -0.132. The summed E-state index contributed by atoms with van der Waals surface area (Å²) in [5.41, 5.74) is 0. The van der Waals surface area contributed by atoms with Gasteiger partial charge in [0.15, 0.2) is 5.82 Å². The van der Waals surface area contributed by atoms with Crippen molar-refractivity contribution >= 4 is 5.91 Å². The van der Waals surface area contributed by atoms with Crippen LogP contribution in [-0.2, 0) is 11.3 Å². The first kappa shape index (κ1) is 15.6. The van der Waals surface area contributed by atoms with Crippen LogP contribution in [0.3, 0.4) is 0 Å². The molecule has 8 heteroatoms. The molecule has 0 aromatic carbocycles. The van der Waals surface area contributed by atoms with Gasteiger partial charge in [-0.2, -0.15) is 10.1 Å². The summed E-state index contributed by atoms with van der Waals surface area (Å²) in [5, 5.41) is 8.11. The highest BCUT2D eigenvalue weighted by Gasteiger charge is 2.28. The van der Waals surface area contributed by atoms with Gasteiger partial charge in [-0.25, -0.2) is 4.98 Å². The first-order valence-electron chi connectivity index (χ1n) is 8.07. The van der Waals surface area contributed by atoms with E-state index in [0.29, 0.717) is 25.4 Å². The summed E-state index contributed by atoms with van der Waals surface area (Å²) in [6.45, 7) is 6.06. The van der Waals surface area contributed by atoms with Crippen LogP contribution in [0.1, 0.15) is 56.7 Å². The van der Waals surface area contributed by atoms with Gasteiger partial charge in [-0.1, -0.05) is 19.0 Å². The SMILES string of the molecule is CC(C)c1nc([C@@H]2CCCN(C(=O)CCn3cncn3)C2)no1. The van der Waals surface area contributed by atoms with Crippen LogP contribution < -0.4 is 0 Å². The fraction of sp³-hybridized carbons (Fsp3) is 0.667. The molecule has 0 bridgehead atoms. The number of piperidine rings is 1. The van der Waals surface area contributed by atoms with Crippen molar-refractivity contribution in [2.45, 2.75) is 51.5 Å². The number of nitrogens with zero attached hydrogens (tertiary/aromatic N) is 6. The van der Waals surface area contributed by atoms with Crippen molar-refractivity contribution in [2.24, 2.45) is 0 Å². The van der Waals surface area contributed by atoms with Crippen LogP contribution in [0.2, 0.25) is 0 Å². The molecule has 1 amide bonds. The summed E-state index contributed by atoms with van der Waals surface area (Å²) in [7, 11) is 0. The molecule has 1 atom stereocenters. The molecule has 3 rings (SSSR count). The lowest BCUT2D eigenvalue weighted by Crippen LogP contribution is -2.39. The zero-order chi connectivity index (χ0) is 16.2. The minimum absolute atomic E-state index is 0.137. The topological polar surface area (TPSA) is 89.9 Å². The predicted molar refractivity (Wildman–Crippen MR) is 81.6 cm³/mol. The molecule has 0 radical (unpaired) electrons.